The van der Waals surface area contributed by atoms with Crippen LogP contribution in [0, 0.1) is 10.1 Å². The van der Waals surface area contributed by atoms with Crippen molar-refractivity contribution < 1.29 is 9.66 Å². The normalized spacial score (nSPS) is 10.7. The van der Waals surface area contributed by atoms with Gasteiger partial charge in [-0.15, -0.1) is 11.6 Å². The fourth-order valence-corrected chi connectivity index (χ4v) is 2.33. The molecular weight excluding hydrogens is 292 g/mol. The summed E-state index contributed by atoms with van der Waals surface area (Å²) in [6.07, 6.45) is 5.66. The second kappa shape index (κ2) is 7.78. The Bertz CT molecular complexity index is 619. The average molecular weight is 309 g/mol. The molecule has 0 aliphatic heterocycles. The molecule has 5 nitrogen and oxygen atoms in total. The molecule has 0 saturated heterocycles. The smallest absolute Gasteiger partial charge is 0.295 e. The second-order valence-corrected chi connectivity index (χ2v) is 5.07. The first-order chi connectivity index (χ1) is 10.2. The topological polar surface area (TPSA) is 65.3 Å². The monoisotopic (exact) mass is 308 g/mol. The molecule has 0 amide bonds. The standard InChI is InChI=1S/C15H17ClN2O3/c16-9-3-1-2-4-11-21-14-8-7-13(18(19)20)15-12(14)6-5-10-17-15/h5-8,10H,1-4,9,11H2. The summed E-state index contributed by atoms with van der Waals surface area (Å²) in [6, 6.07) is 6.62. The number of fused-ring (bicyclic) bond motifs is 1. The molecule has 0 fully saturated rings. The molecule has 0 aliphatic rings. The number of aromatic nitrogens is 1. The molecule has 0 saturated carbocycles. The Morgan fingerprint density at radius 2 is 2.00 bits per heavy atom. The molecule has 0 N–H and O–H groups in total. The second-order valence-electron chi connectivity index (χ2n) is 4.69. The number of nitro benzene ring substituents is 1. The maximum absolute atomic E-state index is 11.0. The van der Waals surface area contributed by atoms with E-state index in [0.29, 0.717) is 29.1 Å². The maximum atomic E-state index is 11.0. The van der Waals surface area contributed by atoms with Crippen LogP contribution in [0.4, 0.5) is 5.69 Å². The summed E-state index contributed by atoms with van der Waals surface area (Å²) in [5.74, 6) is 1.33. The molecule has 0 bridgehead atoms. The van der Waals surface area contributed by atoms with Crippen LogP contribution in [0.25, 0.3) is 10.9 Å². The predicted molar refractivity (Wildman–Crippen MR) is 83.1 cm³/mol. The molecule has 0 radical (unpaired) electrons. The highest BCUT2D eigenvalue weighted by Gasteiger charge is 2.15. The van der Waals surface area contributed by atoms with Crippen molar-refractivity contribution in [2.24, 2.45) is 0 Å². The van der Waals surface area contributed by atoms with Crippen molar-refractivity contribution in [1.82, 2.24) is 4.98 Å². The minimum absolute atomic E-state index is 0.0000578. The van der Waals surface area contributed by atoms with Crippen LogP contribution in [0.1, 0.15) is 25.7 Å². The van der Waals surface area contributed by atoms with Crippen LogP contribution in [-0.2, 0) is 0 Å². The van der Waals surface area contributed by atoms with Gasteiger partial charge in [0.2, 0.25) is 0 Å². The Labute approximate surface area is 128 Å². The maximum Gasteiger partial charge on any atom is 0.295 e. The van der Waals surface area contributed by atoms with E-state index in [1.165, 1.54) is 6.07 Å². The number of nitro groups is 1. The lowest BCUT2D eigenvalue weighted by molar-refractivity contribution is -0.383. The molecule has 112 valence electrons. The molecule has 1 aromatic carbocycles. The van der Waals surface area contributed by atoms with Gasteiger partial charge in [0.1, 0.15) is 5.75 Å². The number of unbranched alkanes of at least 4 members (excludes halogenated alkanes) is 3. The summed E-state index contributed by atoms with van der Waals surface area (Å²) < 4.78 is 5.74. The highest BCUT2D eigenvalue weighted by atomic mass is 35.5. The molecular formula is C15H17ClN2O3. The Morgan fingerprint density at radius 1 is 1.19 bits per heavy atom. The summed E-state index contributed by atoms with van der Waals surface area (Å²) in [4.78, 5) is 14.7. The van der Waals surface area contributed by atoms with Crippen molar-refractivity contribution in [3.05, 3.63) is 40.6 Å². The lowest BCUT2D eigenvalue weighted by Gasteiger charge is -2.09. The lowest BCUT2D eigenvalue weighted by atomic mass is 10.1. The highest BCUT2D eigenvalue weighted by molar-refractivity contribution is 6.17. The van der Waals surface area contributed by atoms with Crippen molar-refractivity contribution in [2.45, 2.75) is 25.7 Å². The van der Waals surface area contributed by atoms with E-state index in [-0.39, 0.29) is 5.69 Å². The van der Waals surface area contributed by atoms with E-state index < -0.39 is 4.92 Å². The molecule has 0 spiro atoms. The molecule has 2 rings (SSSR count). The van der Waals surface area contributed by atoms with Crippen LogP contribution in [-0.4, -0.2) is 22.4 Å². The number of hydrogen-bond acceptors (Lipinski definition) is 4. The highest BCUT2D eigenvalue weighted by Crippen LogP contribution is 2.31. The van der Waals surface area contributed by atoms with E-state index >= 15 is 0 Å². The first-order valence-corrected chi connectivity index (χ1v) is 7.48. The van der Waals surface area contributed by atoms with Gasteiger partial charge in [-0.2, -0.15) is 0 Å². The number of nitrogens with zero attached hydrogens (tertiary/aromatic N) is 2. The Balaban J connectivity index is 2.07. The minimum atomic E-state index is -0.425. The van der Waals surface area contributed by atoms with Crippen LogP contribution in [0.2, 0.25) is 0 Å². The van der Waals surface area contributed by atoms with Gasteiger partial charge in [0, 0.05) is 23.5 Å². The van der Waals surface area contributed by atoms with E-state index in [1.54, 1.807) is 24.4 Å². The van der Waals surface area contributed by atoms with Gasteiger partial charge < -0.3 is 4.74 Å². The third-order valence-corrected chi connectivity index (χ3v) is 3.46. The Morgan fingerprint density at radius 3 is 2.76 bits per heavy atom. The summed E-state index contributed by atoms with van der Waals surface area (Å²) in [6.45, 7) is 0.587. The number of pyridine rings is 1. The number of hydrogen-bond donors (Lipinski definition) is 0. The third kappa shape index (κ3) is 4.04. The van der Waals surface area contributed by atoms with Crippen molar-refractivity contribution in [3.63, 3.8) is 0 Å². The van der Waals surface area contributed by atoms with Crippen LogP contribution < -0.4 is 4.74 Å². The quantitative estimate of drug-likeness (QED) is 0.315. The van der Waals surface area contributed by atoms with Crippen molar-refractivity contribution >= 4 is 28.2 Å². The van der Waals surface area contributed by atoms with Gasteiger partial charge in [0.15, 0.2) is 5.52 Å². The number of halogens is 1. The van der Waals surface area contributed by atoms with Crippen molar-refractivity contribution in [2.75, 3.05) is 12.5 Å². The molecule has 1 heterocycles. The SMILES string of the molecule is O=[N+]([O-])c1ccc(OCCCCCCCl)c2cccnc12. The van der Waals surface area contributed by atoms with E-state index in [2.05, 4.69) is 4.98 Å². The Hall–Kier alpha value is -1.88. The van der Waals surface area contributed by atoms with Gasteiger partial charge in [-0.05, 0) is 31.0 Å². The lowest BCUT2D eigenvalue weighted by Crippen LogP contribution is -1.99. The number of rotatable bonds is 8. The predicted octanol–water partition coefficient (Wildman–Crippen LogP) is 4.32. The van der Waals surface area contributed by atoms with E-state index in [1.807, 2.05) is 0 Å². The van der Waals surface area contributed by atoms with Crippen LogP contribution in [0.5, 0.6) is 5.75 Å². The summed E-state index contributed by atoms with van der Waals surface area (Å²) in [5.41, 5.74) is 0.363. The molecule has 21 heavy (non-hydrogen) atoms. The van der Waals surface area contributed by atoms with Gasteiger partial charge in [-0.1, -0.05) is 12.8 Å². The van der Waals surface area contributed by atoms with Gasteiger partial charge >= 0.3 is 0 Å². The average Bonchev–Trinajstić information content (AvgIpc) is 2.50. The van der Waals surface area contributed by atoms with E-state index in [0.717, 1.165) is 25.7 Å². The number of benzene rings is 1. The zero-order valence-corrected chi connectivity index (χ0v) is 12.4. The van der Waals surface area contributed by atoms with Gasteiger partial charge in [-0.3, -0.25) is 10.1 Å². The van der Waals surface area contributed by atoms with E-state index in [4.69, 9.17) is 16.3 Å². The molecule has 2 aromatic rings. The van der Waals surface area contributed by atoms with Crippen LogP contribution in [0.3, 0.4) is 0 Å². The first-order valence-electron chi connectivity index (χ1n) is 6.95. The first kappa shape index (κ1) is 15.5. The largest absolute Gasteiger partial charge is 0.493 e. The fraction of sp³-hybridized carbons (Fsp3) is 0.400. The summed E-state index contributed by atoms with van der Waals surface area (Å²) >= 11 is 5.62. The summed E-state index contributed by atoms with van der Waals surface area (Å²) in [7, 11) is 0. The van der Waals surface area contributed by atoms with Crippen molar-refractivity contribution in [1.29, 1.82) is 0 Å². The molecule has 0 aliphatic carbocycles. The fourth-order valence-electron chi connectivity index (χ4n) is 2.14. The van der Waals surface area contributed by atoms with Crippen LogP contribution >= 0.6 is 11.6 Å². The summed E-state index contributed by atoms with van der Waals surface area (Å²) in [5, 5.41) is 11.7. The molecule has 0 unspecified atom stereocenters. The van der Waals surface area contributed by atoms with Crippen LogP contribution in [0.15, 0.2) is 30.5 Å². The number of non-ortho nitro benzene ring substituents is 1. The number of ether oxygens (including phenoxy) is 1. The van der Waals surface area contributed by atoms with Gasteiger partial charge in [0.25, 0.3) is 5.69 Å². The van der Waals surface area contributed by atoms with Crippen molar-refractivity contribution in [3.8, 4) is 5.75 Å². The molecule has 6 heteroatoms. The van der Waals surface area contributed by atoms with Gasteiger partial charge in [-0.25, -0.2) is 4.98 Å². The third-order valence-electron chi connectivity index (χ3n) is 3.19. The van der Waals surface area contributed by atoms with E-state index in [9.17, 15) is 10.1 Å². The Kier molecular flexibility index (Phi) is 5.75. The zero-order chi connectivity index (χ0) is 15.1. The minimum Gasteiger partial charge on any atom is -0.493 e. The number of alkyl halides is 1. The molecule has 0 atom stereocenters. The zero-order valence-electron chi connectivity index (χ0n) is 11.6. The molecule has 1 aromatic heterocycles. The van der Waals surface area contributed by atoms with Gasteiger partial charge in [0.05, 0.1) is 11.5 Å².